The topological polar surface area (TPSA) is 37.3 Å². The Hall–Kier alpha value is 0.820. The molecule has 0 saturated carbocycles. The van der Waals surface area contributed by atoms with Crippen LogP contribution in [0.4, 0.5) is 0 Å². The second-order valence-electron chi connectivity index (χ2n) is 1.01. The second kappa shape index (κ2) is 2.91. The number of hydrogen-bond donors (Lipinski definition) is 2. The number of hydrogen-bond acceptors (Lipinski definition) is 2. The molecule has 1 atom stereocenters. The van der Waals surface area contributed by atoms with Gasteiger partial charge in [0, 0.05) is 0 Å². The molecule has 0 fully saturated rings. The summed E-state index contributed by atoms with van der Waals surface area (Å²) in [5.41, 5.74) is 0. The predicted octanol–water partition coefficient (Wildman–Crippen LogP) is -0.505. The van der Waals surface area contributed by atoms with E-state index in [9.17, 15) is 4.79 Å². The molecular weight excluding hydrogens is 111 g/mol. The quantitative estimate of drug-likeness (QED) is 0.356. The molecule has 0 rings (SSSR count). The molecule has 0 aromatic heterocycles. The summed E-state index contributed by atoms with van der Waals surface area (Å²) in [5.74, 6) is -0.815. The first-order chi connectivity index (χ1) is 2.64. The summed E-state index contributed by atoms with van der Waals surface area (Å²) < 4.78 is -0.398. The SMILES string of the molecule is O=C(O)[CH]([Na])S. The van der Waals surface area contributed by atoms with Crippen LogP contribution in [-0.4, -0.2) is 41.5 Å². The van der Waals surface area contributed by atoms with E-state index in [4.69, 9.17) is 5.11 Å². The third-order valence-corrected chi connectivity index (χ3v) is 1.07. The average molecular weight is 114 g/mol. The molecule has 0 bridgehead atoms. The maximum absolute atomic E-state index is 9.66. The standard InChI is InChI=1S/C2H3O2S.Na/c3-2(4)1-5;/h1,5H,(H,3,4);. The first kappa shape index (κ1) is 6.82. The van der Waals surface area contributed by atoms with E-state index in [1.165, 1.54) is 0 Å². The van der Waals surface area contributed by atoms with Crippen LogP contribution in [0.3, 0.4) is 0 Å². The second-order valence-corrected chi connectivity index (χ2v) is 3.92. The van der Waals surface area contributed by atoms with Gasteiger partial charge in [-0.1, -0.05) is 0 Å². The first-order valence-corrected chi connectivity index (χ1v) is 3.22. The Morgan fingerprint density at radius 3 is 2.17 bits per heavy atom. The average Bonchev–Trinajstić information content (AvgIpc) is 1.36. The Balaban J connectivity index is 3.26. The van der Waals surface area contributed by atoms with Crippen molar-refractivity contribution in [3.63, 3.8) is 0 Å². The molecule has 30 valence electrons. The van der Waals surface area contributed by atoms with Crippen molar-refractivity contribution in [3.8, 4) is 0 Å². The fourth-order valence-corrected chi connectivity index (χ4v) is 0. The molecule has 0 heterocycles. The van der Waals surface area contributed by atoms with Crippen LogP contribution in [0.2, 0.25) is 0 Å². The van der Waals surface area contributed by atoms with Crippen molar-refractivity contribution >= 4 is 46.5 Å². The van der Waals surface area contributed by atoms with Gasteiger partial charge in [-0.25, -0.2) is 0 Å². The van der Waals surface area contributed by atoms with E-state index in [-0.39, 0.29) is 0 Å². The molecule has 0 spiro atoms. The third-order valence-electron chi connectivity index (χ3n) is 0.357. The van der Waals surface area contributed by atoms with Crippen molar-refractivity contribution in [2.75, 3.05) is 0 Å². The van der Waals surface area contributed by atoms with Crippen molar-refractivity contribution in [2.24, 2.45) is 0 Å². The molecular formula is C2H3NaO2S. The Kier molecular flexibility index (Phi) is 3.30. The molecule has 0 aliphatic carbocycles. The molecule has 4 heteroatoms. The van der Waals surface area contributed by atoms with Gasteiger partial charge in [-0.2, -0.15) is 0 Å². The summed E-state index contributed by atoms with van der Waals surface area (Å²) in [7, 11) is 0. The van der Waals surface area contributed by atoms with Crippen molar-refractivity contribution in [1.82, 2.24) is 0 Å². The normalized spacial score (nSPS) is 13.8. The Morgan fingerprint density at radius 2 is 2.17 bits per heavy atom. The van der Waals surface area contributed by atoms with E-state index in [0.29, 0.717) is 27.9 Å². The zero-order valence-corrected chi connectivity index (χ0v) is 6.27. The molecule has 6 heavy (non-hydrogen) atoms. The monoisotopic (exact) mass is 114 g/mol. The molecule has 0 aliphatic heterocycles. The van der Waals surface area contributed by atoms with E-state index in [0.717, 1.165) is 0 Å². The fraction of sp³-hybridized carbons (Fsp3) is 0.500. The number of carboxylic acid groups (broad SMARTS) is 1. The number of thiol groups is 1. The van der Waals surface area contributed by atoms with E-state index in [1.807, 2.05) is 0 Å². The minimum atomic E-state index is -0.815. The van der Waals surface area contributed by atoms with Crippen molar-refractivity contribution < 1.29 is 9.90 Å². The molecule has 0 aromatic carbocycles. The van der Waals surface area contributed by atoms with Crippen molar-refractivity contribution in [2.45, 2.75) is 2.50 Å². The number of aliphatic carboxylic acids is 1. The molecule has 0 amide bonds. The number of carbonyl (C=O) groups is 1. The minimum absolute atomic E-state index is 0.398. The van der Waals surface area contributed by atoms with Crippen LogP contribution < -0.4 is 0 Å². The van der Waals surface area contributed by atoms with Crippen LogP contribution in [0.1, 0.15) is 0 Å². The van der Waals surface area contributed by atoms with Crippen LogP contribution in [0.15, 0.2) is 0 Å². The summed E-state index contributed by atoms with van der Waals surface area (Å²) in [4.78, 5) is 9.66. The van der Waals surface area contributed by atoms with Crippen molar-refractivity contribution in [3.05, 3.63) is 0 Å². The summed E-state index contributed by atoms with van der Waals surface area (Å²) in [6, 6.07) is 0. The van der Waals surface area contributed by atoms with Gasteiger partial charge in [0.25, 0.3) is 0 Å². The Labute approximate surface area is 58.7 Å². The zero-order chi connectivity index (χ0) is 5.15. The van der Waals surface area contributed by atoms with Gasteiger partial charge >= 0.3 is 58.9 Å². The van der Waals surface area contributed by atoms with Gasteiger partial charge in [-0.15, -0.1) is 0 Å². The zero-order valence-electron chi connectivity index (χ0n) is 3.38. The summed E-state index contributed by atoms with van der Waals surface area (Å²) >= 11 is 4.27. The Morgan fingerprint density at radius 1 is 2.00 bits per heavy atom. The van der Waals surface area contributed by atoms with Crippen LogP contribution in [0.5, 0.6) is 0 Å². The van der Waals surface area contributed by atoms with Crippen LogP contribution in [-0.2, 0) is 4.79 Å². The van der Waals surface area contributed by atoms with Gasteiger partial charge in [0.05, 0.1) is 0 Å². The third kappa shape index (κ3) is 3.03. The summed E-state index contributed by atoms with van der Waals surface area (Å²) in [6.07, 6.45) is 0. The molecule has 0 saturated heterocycles. The van der Waals surface area contributed by atoms with E-state index in [2.05, 4.69) is 12.6 Å². The fourth-order valence-electron chi connectivity index (χ4n) is 0. The van der Waals surface area contributed by atoms with Gasteiger partial charge in [0.15, 0.2) is 0 Å². The molecule has 1 N–H and O–H groups in total. The van der Waals surface area contributed by atoms with E-state index in [1.54, 1.807) is 0 Å². The predicted molar refractivity (Wildman–Crippen MR) is 26.2 cm³/mol. The molecule has 0 aromatic rings. The maximum atomic E-state index is 9.66. The van der Waals surface area contributed by atoms with E-state index < -0.39 is 8.47 Å². The molecule has 0 aliphatic rings. The Bertz CT molecular complexity index is 62.6. The number of rotatable bonds is 1. The van der Waals surface area contributed by atoms with Gasteiger partial charge < -0.3 is 0 Å². The summed E-state index contributed by atoms with van der Waals surface area (Å²) in [6.45, 7) is 0. The molecule has 0 radical (unpaired) electrons. The molecule has 1 unspecified atom stereocenters. The number of carboxylic acids is 1. The van der Waals surface area contributed by atoms with Gasteiger partial charge in [-0.05, 0) is 0 Å². The van der Waals surface area contributed by atoms with Crippen molar-refractivity contribution in [1.29, 1.82) is 0 Å². The van der Waals surface area contributed by atoms with Crippen LogP contribution in [0.25, 0.3) is 0 Å². The van der Waals surface area contributed by atoms with E-state index >= 15 is 0 Å². The molecule has 2 nitrogen and oxygen atoms in total. The van der Waals surface area contributed by atoms with Gasteiger partial charge in [0.2, 0.25) is 0 Å². The summed E-state index contributed by atoms with van der Waals surface area (Å²) in [5, 5.41) is 7.95. The van der Waals surface area contributed by atoms with Crippen LogP contribution >= 0.6 is 12.6 Å². The van der Waals surface area contributed by atoms with Gasteiger partial charge in [-0.3, -0.25) is 0 Å². The van der Waals surface area contributed by atoms with Crippen LogP contribution in [0, 0.1) is 0 Å². The van der Waals surface area contributed by atoms with Gasteiger partial charge in [0.1, 0.15) is 0 Å². The first-order valence-electron chi connectivity index (χ1n) is 1.55.